The number of benzene rings is 2. The summed E-state index contributed by atoms with van der Waals surface area (Å²) >= 11 is 0. The van der Waals surface area contributed by atoms with E-state index in [0.717, 1.165) is 52.8 Å². The molecule has 4 aromatic rings. The van der Waals surface area contributed by atoms with Gasteiger partial charge < -0.3 is 9.88 Å². The van der Waals surface area contributed by atoms with E-state index in [1.807, 2.05) is 42.3 Å². The first-order valence-corrected chi connectivity index (χ1v) is 10.6. The largest absolute Gasteiger partial charge is 0.361 e. The molecular weight excluding hydrogens is 370 g/mol. The lowest BCUT2D eigenvalue weighted by Gasteiger charge is -2.25. The highest BCUT2D eigenvalue weighted by atomic mass is 16.2. The molecule has 3 heterocycles. The molecule has 0 unspecified atom stereocenters. The number of aryl methyl sites for hydroxylation is 1. The molecule has 0 radical (unpaired) electrons. The summed E-state index contributed by atoms with van der Waals surface area (Å²) in [4.78, 5) is 23.4. The molecular formula is C26H25N3O. The summed E-state index contributed by atoms with van der Waals surface area (Å²) in [6.07, 6.45) is 4.36. The number of amides is 1. The first-order chi connectivity index (χ1) is 14.7. The first kappa shape index (κ1) is 18.6. The van der Waals surface area contributed by atoms with E-state index in [4.69, 9.17) is 4.98 Å². The van der Waals surface area contributed by atoms with Crippen molar-refractivity contribution in [1.82, 2.24) is 14.9 Å². The van der Waals surface area contributed by atoms with Gasteiger partial charge >= 0.3 is 0 Å². The zero-order chi connectivity index (χ0) is 20.5. The Morgan fingerprint density at radius 2 is 1.87 bits per heavy atom. The predicted molar refractivity (Wildman–Crippen MR) is 120 cm³/mol. The molecule has 150 valence electrons. The average Bonchev–Trinajstić information content (AvgIpc) is 3.42. The Morgan fingerprint density at radius 1 is 1.07 bits per heavy atom. The molecule has 0 spiro atoms. The number of pyridine rings is 1. The molecule has 0 bridgehead atoms. The van der Waals surface area contributed by atoms with Gasteiger partial charge in [-0.15, -0.1) is 0 Å². The van der Waals surface area contributed by atoms with Gasteiger partial charge in [-0.25, -0.2) is 0 Å². The molecule has 1 atom stereocenters. The summed E-state index contributed by atoms with van der Waals surface area (Å²) in [6, 6.07) is 22.8. The van der Waals surface area contributed by atoms with Crippen LogP contribution < -0.4 is 0 Å². The summed E-state index contributed by atoms with van der Waals surface area (Å²) in [5.41, 5.74) is 6.46. The van der Waals surface area contributed by atoms with Crippen LogP contribution in [-0.2, 0) is 11.2 Å². The lowest BCUT2D eigenvalue weighted by Crippen LogP contribution is -2.32. The van der Waals surface area contributed by atoms with Crippen molar-refractivity contribution >= 4 is 16.8 Å². The van der Waals surface area contributed by atoms with Crippen molar-refractivity contribution in [1.29, 1.82) is 0 Å². The van der Waals surface area contributed by atoms with Gasteiger partial charge in [-0.2, -0.15) is 0 Å². The van der Waals surface area contributed by atoms with Crippen molar-refractivity contribution in [3.05, 3.63) is 89.9 Å². The highest BCUT2D eigenvalue weighted by Crippen LogP contribution is 2.34. The third-order valence-electron chi connectivity index (χ3n) is 6.01. The van der Waals surface area contributed by atoms with Crippen molar-refractivity contribution in [3.63, 3.8) is 0 Å². The van der Waals surface area contributed by atoms with Crippen LogP contribution in [0.15, 0.2) is 72.9 Å². The van der Waals surface area contributed by atoms with Crippen LogP contribution in [0.2, 0.25) is 0 Å². The summed E-state index contributed by atoms with van der Waals surface area (Å²) in [5, 5.41) is 1.13. The molecule has 1 aliphatic heterocycles. The number of rotatable bonds is 4. The monoisotopic (exact) mass is 395 g/mol. The van der Waals surface area contributed by atoms with Crippen LogP contribution in [-0.4, -0.2) is 27.3 Å². The normalized spacial score (nSPS) is 16.3. The number of H-pyrrole nitrogens is 1. The molecule has 30 heavy (non-hydrogen) atoms. The number of carbonyl (C=O) groups is 1. The second-order valence-corrected chi connectivity index (χ2v) is 8.07. The van der Waals surface area contributed by atoms with Crippen LogP contribution in [0.4, 0.5) is 0 Å². The number of hydrogen-bond donors (Lipinski definition) is 1. The van der Waals surface area contributed by atoms with Crippen molar-refractivity contribution in [2.24, 2.45) is 0 Å². The molecule has 1 N–H and O–H groups in total. The van der Waals surface area contributed by atoms with Crippen LogP contribution in [0.25, 0.3) is 22.0 Å². The molecule has 2 aromatic carbocycles. The van der Waals surface area contributed by atoms with Gasteiger partial charge in [0.1, 0.15) is 0 Å². The minimum Gasteiger partial charge on any atom is -0.361 e. The topological polar surface area (TPSA) is 49.0 Å². The third-order valence-corrected chi connectivity index (χ3v) is 6.01. The molecule has 0 saturated carbocycles. The molecule has 0 aliphatic carbocycles. The molecule has 4 nitrogen and oxygen atoms in total. The zero-order valence-corrected chi connectivity index (χ0v) is 17.1. The second-order valence-electron chi connectivity index (χ2n) is 8.07. The number of carbonyl (C=O) groups excluding carboxylic acids is 1. The van der Waals surface area contributed by atoms with Gasteiger partial charge in [0.15, 0.2) is 0 Å². The summed E-state index contributed by atoms with van der Waals surface area (Å²) < 4.78 is 0. The number of aromatic amines is 1. The van der Waals surface area contributed by atoms with Crippen molar-refractivity contribution in [3.8, 4) is 11.1 Å². The Hall–Kier alpha value is -3.40. The van der Waals surface area contributed by atoms with E-state index in [1.54, 1.807) is 0 Å². The van der Waals surface area contributed by atoms with Gasteiger partial charge in [0.05, 0.1) is 18.2 Å². The van der Waals surface area contributed by atoms with Crippen LogP contribution in [0.1, 0.15) is 35.8 Å². The lowest BCUT2D eigenvalue weighted by molar-refractivity contribution is -0.131. The van der Waals surface area contributed by atoms with Gasteiger partial charge in [0.25, 0.3) is 0 Å². The van der Waals surface area contributed by atoms with Gasteiger partial charge in [0, 0.05) is 29.3 Å². The van der Waals surface area contributed by atoms with E-state index in [1.165, 1.54) is 5.56 Å². The number of hydrogen-bond acceptors (Lipinski definition) is 2. The standard InChI is InChI=1S/C26H25N3O/c1-18-14-20(19-8-3-2-4-9-19)15-24(28-18)25-12-7-13-29(25)26(30)16-21-17-27-23-11-6-5-10-22(21)23/h2-6,8-11,14-15,17,25,27H,7,12-13,16H2,1H3/t25-/m0/s1. The fourth-order valence-electron chi connectivity index (χ4n) is 4.58. The molecule has 1 fully saturated rings. The number of para-hydroxylation sites is 1. The maximum atomic E-state index is 13.3. The summed E-state index contributed by atoms with van der Waals surface area (Å²) in [5.74, 6) is 0.173. The Bertz CT molecular complexity index is 1200. The molecule has 1 amide bonds. The number of nitrogens with one attached hydrogen (secondary N) is 1. The van der Waals surface area contributed by atoms with Gasteiger partial charge in [-0.05, 0) is 54.7 Å². The molecule has 1 saturated heterocycles. The minimum atomic E-state index is 0.0464. The quantitative estimate of drug-likeness (QED) is 0.500. The van der Waals surface area contributed by atoms with Crippen molar-refractivity contribution in [2.45, 2.75) is 32.2 Å². The molecule has 4 heteroatoms. The van der Waals surface area contributed by atoms with E-state index in [9.17, 15) is 4.79 Å². The Kier molecular flexibility index (Phi) is 4.83. The van der Waals surface area contributed by atoms with Gasteiger partial charge in [0.2, 0.25) is 5.91 Å². The SMILES string of the molecule is Cc1cc(-c2ccccc2)cc([C@@H]2CCCN2C(=O)Cc2c[nH]c3ccccc23)n1. The van der Waals surface area contributed by atoms with E-state index in [0.29, 0.717) is 6.42 Å². The van der Waals surface area contributed by atoms with Crippen LogP contribution in [0.3, 0.4) is 0 Å². The van der Waals surface area contributed by atoms with Crippen LogP contribution >= 0.6 is 0 Å². The van der Waals surface area contributed by atoms with Gasteiger partial charge in [-0.1, -0.05) is 48.5 Å². The summed E-state index contributed by atoms with van der Waals surface area (Å²) in [6.45, 7) is 2.82. The Morgan fingerprint density at radius 3 is 2.73 bits per heavy atom. The maximum absolute atomic E-state index is 13.3. The maximum Gasteiger partial charge on any atom is 0.227 e. The molecule has 2 aromatic heterocycles. The zero-order valence-electron chi connectivity index (χ0n) is 17.1. The number of fused-ring (bicyclic) bond motifs is 1. The van der Waals surface area contributed by atoms with Crippen molar-refractivity contribution in [2.75, 3.05) is 6.54 Å². The smallest absolute Gasteiger partial charge is 0.227 e. The summed E-state index contributed by atoms with van der Waals surface area (Å²) in [7, 11) is 0. The van der Waals surface area contributed by atoms with Crippen LogP contribution in [0.5, 0.6) is 0 Å². The average molecular weight is 396 g/mol. The van der Waals surface area contributed by atoms with E-state index >= 15 is 0 Å². The number of aromatic nitrogens is 2. The first-order valence-electron chi connectivity index (χ1n) is 10.6. The van der Waals surface area contributed by atoms with E-state index in [-0.39, 0.29) is 11.9 Å². The Balaban J connectivity index is 1.42. The lowest BCUT2D eigenvalue weighted by atomic mass is 10.0. The number of nitrogens with zero attached hydrogens (tertiary/aromatic N) is 2. The number of likely N-dealkylation sites (tertiary alicyclic amines) is 1. The molecule has 5 rings (SSSR count). The molecule has 1 aliphatic rings. The fraction of sp³-hybridized carbons (Fsp3) is 0.231. The second kappa shape index (κ2) is 7.79. The van der Waals surface area contributed by atoms with E-state index in [2.05, 4.69) is 47.4 Å². The minimum absolute atomic E-state index is 0.0464. The highest BCUT2D eigenvalue weighted by molar-refractivity contribution is 5.89. The van der Waals surface area contributed by atoms with Gasteiger partial charge in [-0.3, -0.25) is 9.78 Å². The highest BCUT2D eigenvalue weighted by Gasteiger charge is 2.31. The third kappa shape index (κ3) is 3.50. The van der Waals surface area contributed by atoms with E-state index < -0.39 is 0 Å². The van der Waals surface area contributed by atoms with Crippen LogP contribution in [0, 0.1) is 6.92 Å². The Labute approximate surface area is 176 Å². The van der Waals surface area contributed by atoms with Crippen molar-refractivity contribution < 1.29 is 4.79 Å². The predicted octanol–water partition coefficient (Wildman–Crippen LogP) is 5.44. The fourth-order valence-corrected chi connectivity index (χ4v) is 4.58.